The summed E-state index contributed by atoms with van der Waals surface area (Å²) in [6, 6.07) is 10.7. The molecule has 6 heteroatoms. The standard InChI is InChI=1S/C23H23FN2O3/c1-14-5-10-18-17(13-14)21(27)19-20(15-6-8-16(24)9-7-15)26(12-4-11-25(2)3)23(28)22(19)29-18/h5-10,13,20H,4,11-12H2,1-3H3/t20-/m1/s1. The SMILES string of the molecule is Cc1ccc2oc3c(c(=O)c2c1)[C@@H](c1ccc(F)cc1)N(CCCN(C)C)C3=O. The predicted octanol–water partition coefficient (Wildman–Crippen LogP) is 3.74. The lowest BCUT2D eigenvalue weighted by molar-refractivity contribution is 0.0722. The molecule has 1 aromatic heterocycles. The molecule has 0 bridgehead atoms. The molecule has 1 aliphatic rings. The molecule has 2 heterocycles. The summed E-state index contributed by atoms with van der Waals surface area (Å²) in [5, 5.41) is 0.457. The Morgan fingerprint density at radius 3 is 2.52 bits per heavy atom. The zero-order chi connectivity index (χ0) is 20.7. The van der Waals surface area contributed by atoms with E-state index in [-0.39, 0.29) is 22.9 Å². The topological polar surface area (TPSA) is 53.8 Å². The molecule has 5 nitrogen and oxygen atoms in total. The van der Waals surface area contributed by atoms with E-state index in [4.69, 9.17) is 4.42 Å². The molecular weight excluding hydrogens is 371 g/mol. The number of nitrogens with zero attached hydrogens (tertiary/aromatic N) is 2. The maximum absolute atomic E-state index is 13.5. The van der Waals surface area contributed by atoms with Gasteiger partial charge in [-0.1, -0.05) is 23.8 Å². The first-order chi connectivity index (χ1) is 13.9. The van der Waals surface area contributed by atoms with Crippen molar-refractivity contribution in [2.24, 2.45) is 0 Å². The van der Waals surface area contributed by atoms with Crippen molar-refractivity contribution in [3.63, 3.8) is 0 Å². The Labute approximate surface area is 168 Å². The summed E-state index contributed by atoms with van der Waals surface area (Å²) in [6.07, 6.45) is 0.747. The van der Waals surface area contributed by atoms with Crippen molar-refractivity contribution in [3.8, 4) is 0 Å². The molecule has 1 aliphatic heterocycles. The normalized spacial score (nSPS) is 16.1. The minimum atomic E-state index is -0.582. The number of carbonyl (C=O) groups excluding carboxylic acids is 1. The molecule has 4 rings (SSSR count). The monoisotopic (exact) mass is 394 g/mol. The lowest BCUT2D eigenvalue weighted by Gasteiger charge is -2.25. The first-order valence-corrected chi connectivity index (χ1v) is 9.65. The fraction of sp³-hybridized carbons (Fsp3) is 0.304. The zero-order valence-electron chi connectivity index (χ0n) is 16.7. The van der Waals surface area contributed by atoms with Crippen LogP contribution in [0.15, 0.2) is 51.7 Å². The van der Waals surface area contributed by atoms with E-state index in [1.165, 1.54) is 12.1 Å². The molecule has 0 unspecified atom stereocenters. The van der Waals surface area contributed by atoms with Gasteiger partial charge in [-0.3, -0.25) is 9.59 Å². The van der Waals surface area contributed by atoms with Crippen LogP contribution in [0.1, 0.15) is 39.7 Å². The van der Waals surface area contributed by atoms with Crippen LogP contribution in [0.4, 0.5) is 4.39 Å². The minimum absolute atomic E-state index is 0.0885. The third-order valence-electron chi connectivity index (χ3n) is 5.31. The highest BCUT2D eigenvalue weighted by atomic mass is 19.1. The number of hydrogen-bond acceptors (Lipinski definition) is 4. The first-order valence-electron chi connectivity index (χ1n) is 9.65. The molecule has 0 saturated carbocycles. The number of halogens is 1. The lowest BCUT2D eigenvalue weighted by atomic mass is 9.98. The van der Waals surface area contributed by atoms with Gasteiger partial charge in [0.25, 0.3) is 5.91 Å². The third kappa shape index (κ3) is 3.44. The van der Waals surface area contributed by atoms with Gasteiger partial charge >= 0.3 is 0 Å². The van der Waals surface area contributed by atoms with Crippen molar-refractivity contribution < 1.29 is 13.6 Å². The lowest BCUT2D eigenvalue weighted by Crippen LogP contribution is -2.32. The van der Waals surface area contributed by atoms with Crippen LogP contribution in [-0.2, 0) is 0 Å². The summed E-state index contributed by atoms with van der Waals surface area (Å²) in [5.41, 5.74) is 2.17. The Kier molecular flexibility index (Phi) is 4.96. The van der Waals surface area contributed by atoms with Crippen LogP contribution < -0.4 is 5.43 Å². The van der Waals surface area contributed by atoms with Gasteiger partial charge in [-0.25, -0.2) is 4.39 Å². The van der Waals surface area contributed by atoms with E-state index >= 15 is 0 Å². The zero-order valence-corrected chi connectivity index (χ0v) is 16.7. The quantitative estimate of drug-likeness (QED) is 0.662. The Balaban J connectivity index is 1.88. The number of benzene rings is 2. The largest absolute Gasteiger partial charge is 0.450 e. The molecule has 0 spiro atoms. The number of rotatable bonds is 5. The number of aryl methyl sites for hydroxylation is 1. The summed E-state index contributed by atoms with van der Waals surface area (Å²) in [4.78, 5) is 30.3. The van der Waals surface area contributed by atoms with Gasteiger partial charge in [0.05, 0.1) is 17.0 Å². The molecule has 0 radical (unpaired) electrons. The average molecular weight is 394 g/mol. The van der Waals surface area contributed by atoms with Crippen molar-refractivity contribution in [2.75, 3.05) is 27.2 Å². The molecule has 1 amide bonds. The van der Waals surface area contributed by atoms with Crippen molar-refractivity contribution >= 4 is 16.9 Å². The van der Waals surface area contributed by atoms with Gasteiger partial charge in [-0.05, 0) is 63.8 Å². The second kappa shape index (κ2) is 7.44. The van der Waals surface area contributed by atoms with Crippen LogP contribution in [-0.4, -0.2) is 42.9 Å². The van der Waals surface area contributed by atoms with Crippen LogP contribution in [0, 0.1) is 12.7 Å². The van der Waals surface area contributed by atoms with Crippen LogP contribution in [0.2, 0.25) is 0 Å². The summed E-state index contributed by atoms with van der Waals surface area (Å²) in [6.45, 7) is 3.18. The molecule has 0 fully saturated rings. The summed E-state index contributed by atoms with van der Waals surface area (Å²) in [5.74, 6) is -0.572. The van der Waals surface area contributed by atoms with Crippen molar-refractivity contribution in [1.82, 2.24) is 9.80 Å². The fourth-order valence-corrected chi connectivity index (χ4v) is 3.91. The highest BCUT2D eigenvalue weighted by Gasteiger charge is 2.42. The van der Waals surface area contributed by atoms with Gasteiger partial charge < -0.3 is 14.2 Å². The second-order valence-corrected chi connectivity index (χ2v) is 7.78. The van der Waals surface area contributed by atoms with E-state index in [2.05, 4.69) is 0 Å². The fourth-order valence-electron chi connectivity index (χ4n) is 3.91. The van der Waals surface area contributed by atoms with E-state index in [1.807, 2.05) is 32.0 Å². The van der Waals surface area contributed by atoms with Gasteiger partial charge in [0.2, 0.25) is 5.76 Å². The van der Waals surface area contributed by atoms with Crippen LogP contribution in [0.25, 0.3) is 11.0 Å². The number of hydrogen-bond donors (Lipinski definition) is 0. The van der Waals surface area contributed by atoms with Crippen LogP contribution in [0.5, 0.6) is 0 Å². The maximum Gasteiger partial charge on any atom is 0.290 e. The molecule has 0 aliphatic carbocycles. The van der Waals surface area contributed by atoms with Crippen molar-refractivity contribution in [2.45, 2.75) is 19.4 Å². The van der Waals surface area contributed by atoms with Crippen molar-refractivity contribution in [3.05, 3.63) is 81.0 Å². The second-order valence-electron chi connectivity index (χ2n) is 7.78. The minimum Gasteiger partial charge on any atom is -0.450 e. The highest BCUT2D eigenvalue weighted by Crippen LogP contribution is 2.38. The Morgan fingerprint density at radius 2 is 1.83 bits per heavy atom. The van der Waals surface area contributed by atoms with Gasteiger partial charge in [-0.2, -0.15) is 0 Å². The molecule has 1 atom stereocenters. The van der Waals surface area contributed by atoms with Crippen molar-refractivity contribution in [1.29, 1.82) is 0 Å². The molecule has 0 saturated heterocycles. The van der Waals surface area contributed by atoms with E-state index in [9.17, 15) is 14.0 Å². The van der Waals surface area contributed by atoms with Crippen LogP contribution >= 0.6 is 0 Å². The summed E-state index contributed by atoms with van der Waals surface area (Å²) < 4.78 is 19.4. The Hall–Kier alpha value is -2.99. The van der Waals surface area contributed by atoms with Gasteiger partial charge in [0, 0.05) is 6.54 Å². The molecule has 29 heavy (non-hydrogen) atoms. The number of carbonyl (C=O) groups is 1. The number of amides is 1. The summed E-state index contributed by atoms with van der Waals surface area (Å²) >= 11 is 0. The number of fused-ring (bicyclic) bond motifs is 2. The van der Waals surface area contributed by atoms with Gasteiger partial charge in [-0.15, -0.1) is 0 Å². The van der Waals surface area contributed by atoms with E-state index < -0.39 is 6.04 Å². The molecule has 150 valence electrons. The molecular formula is C23H23FN2O3. The predicted molar refractivity (Wildman–Crippen MR) is 110 cm³/mol. The van der Waals surface area contributed by atoms with E-state index in [0.29, 0.717) is 28.6 Å². The highest BCUT2D eigenvalue weighted by molar-refractivity contribution is 5.99. The smallest absolute Gasteiger partial charge is 0.290 e. The Bertz CT molecular complexity index is 1140. The van der Waals surface area contributed by atoms with E-state index in [1.54, 1.807) is 29.2 Å². The van der Waals surface area contributed by atoms with E-state index in [0.717, 1.165) is 18.5 Å². The third-order valence-corrected chi connectivity index (χ3v) is 5.31. The maximum atomic E-state index is 13.5. The first kappa shape index (κ1) is 19.3. The molecule has 0 N–H and O–H groups in total. The van der Waals surface area contributed by atoms with Gasteiger partial charge in [0.15, 0.2) is 5.43 Å². The molecule has 2 aromatic carbocycles. The van der Waals surface area contributed by atoms with Crippen LogP contribution in [0.3, 0.4) is 0 Å². The summed E-state index contributed by atoms with van der Waals surface area (Å²) in [7, 11) is 3.94. The molecule has 3 aromatic rings. The average Bonchev–Trinajstić information content (AvgIpc) is 2.95. The Morgan fingerprint density at radius 1 is 1.10 bits per heavy atom. The van der Waals surface area contributed by atoms with Gasteiger partial charge in [0.1, 0.15) is 11.4 Å².